The molecule has 0 amide bonds. The Morgan fingerprint density at radius 2 is 0.680 bits per heavy atom. The van der Waals surface area contributed by atoms with E-state index in [1.165, 1.54) is 87.6 Å². The van der Waals surface area contributed by atoms with Gasteiger partial charge >= 0.3 is 0 Å². The van der Waals surface area contributed by atoms with Crippen LogP contribution >= 0.6 is 37.2 Å². The van der Waals surface area contributed by atoms with Gasteiger partial charge in [-0.2, -0.15) is 0 Å². The SMILES string of the molecule is CCCCCCC[CH2][Al][CH2]C.CCCCCCC[CH2][Al][CH2]C.Cl.Cl.Cl. The third-order valence-corrected chi connectivity index (χ3v) is 6.89. The topological polar surface area (TPSA) is 0 Å². The van der Waals surface area contributed by atoms with E-state index in [0.29, 0.717) is 0 Å². The molecule has 0 fully saturated rings. The molecule has 0 nitrogen and oxygen atoms in total. The fraction of sp³-hybridized carbons (Fsp3) is 1.00. The molecule has 0 N–H and O–H groups in total. The fourth-order valence-corrected chi connectivity index (χ4v) is 4.52. The number of unbranched alkanes of at least 4 members (excludes halogenated alkanes) is 10. The summed E-state index contributed by atoms with van der Waals surface area (Å²) in [6.07, 6.45) is 17.5. The zero-order valence-electron chi connectivity index (χ0n) is 17.7. The summed E-state index contributed by atoms with van der Waals surface area (Å²) in [4.78, 5) is 0. The summed E-state index contributed by atoms with van der Waals surface area (Å²) in [6.45, 7) is 9.18. The number of hydrogen-bond donors (Lipinski definition) is 0. The average molecular weight is 448 g/mol. The van der Waals surface area contributed by atoms with Gasteiger partial charge in [0.15, 0.2) is 30.4 Å². The highest BCUT2D eigenvalue weighted by Gasteiger charge is 1.91. The molecule has 5 heteroatoms. The van der Waals surface area contributed by atoms with E-state index in [0.717, 1.165) is 30.4 Å². The number of halogens is 3. The predicted octanol–water partition coefficient (Wildman–Crippen LogP) is 9.08. The van der Waals surface area contributed by atoms with E-state index in [1.807, 2.05) is 0 Å². The summed E-state index contributed by atoms with van der Waals surface area (Å²) < 4.78 is 0. The van der Waals surface area contributed by atoms with Crippen LogP contribution in [0.1, 0.15) is 105 Å². The minimum atomic E-state index is 0. The lowest BCUT2D eigenvalue weighted by Crippen LogP contribution is -1.85. The molecule has 2 radical (unpaired) electrons. The Bertz CT molecular complexity index is 139. The second-order valence-electron chi connectivity index (χ2n) is 6.51. The average Bonchev–Trinajstić information content (AvgIpc) is 2.54. The fourth-order valence-electron chi connectivity index (χ4n) is 2.55. The third-order valence-electron chi connectivity index (χ3n) is 4.10. The largest absolute Gasteiger partial charge is 0.199 e. The molecular formula is C20H47Al2Cl3. The van der Waals surface area contributed by atoms with E-state index in [9.17, 15) is 0 Å². The Kier molecular flexibility index (Phi) is 61.1. The van der Waals surface area contributed by atoms with Crippen LogP contribution < -0.4 is 0 Å². The molecule has 0 unspecified atom stereocenters. The van der Waals surface area contributed by atoms with E-state index in [2.05, 4.69) is 27.7 Å². The molecule has 0 rings (SSSR count). The van der Waals surface area contributed by atoms with Crippen molar-refractivity contribution in [3.8, 4) is 0 Å². The summed E-state index contributed by atoms with van der Waals surface area (Å²) in [5, 5.41) is 6.00. The molecular weight excluding hydrogens is 401 g/mol. The van der Waals surface area contributed by atoms with E-state index in [-0.39, 0.29) is 37.2 Å². The first kappa shape index (κ1) is 37.7. The van der Waals surface area contributed by atoms with Crippen LogP contribution in [0.4, 0.5) is 0 Å². The highest BCUT2D eigenvalue weighted by atomic mass is 35.5. The minimum Gasteiger partial charge on any atom is -0.147 e. The summed E-state index contributed by atoms with van der Waals surface area (Å²) >= 11 is 1.61. The molecule has 25 heavy (non-hydrogen) atoms. The molecule has 0 saturated heterocycles. The first-order valence-corrected chi connectivity index (χ1v) is 13.7. The Labute approximate surface area is 192 Å². The van der Waals surface area contributed by atoms with Crippen LogP contribution in [0.25, 0.3) is 0 Å². The van der Waals surface area contributed by atoms with Crippen molar-refractivity contribution < 1.29 is 0 Å². The molecule has 0 bridgehead atoms. The normalized spacial score (nSPS) is 8.80. The smallest absolute Gasteiger partial charge is 0.147 e. The van der Waals surface area contributed by atoms with Crippen LogP contribution in [-0.2, 0) is 0 Å². The van der Waals surface area contributed by atoms with E-state index in [1.54, 1.807) is 10.6 Å². The van der Waals surface area contributed by atoms with Gasteiger partial charge in [-0.1, -0.05) is 105 Å². The van der Waals surface area contributed by atoms with Crippen LogP contribution in [-0.4, -0.2) is 30.4 Å². The third kappa shape index (κ3) is 46.2. The van der Waals surface area contributed by atoms with Crippen LogP contribution in [0, 0.1) is 0 Å². The van der Waals surface area contributed by atoms with Gasteiger partial charge in [0, 0.05) is 0 Å². The molecule has 0 atom stereocenters. The molecule has 154 valence electrons. The first-order valence-electron chi connectivity index (χ1n) is 10.5. The highest BCUT2D eigenvalue weighted by molar-refractivity contribution is 6.35. The highest BCUT2D eigenvalue weighted by Crippen LogP contribution is 2.07. The lowest BCUT2D eigenvalue weighted by atomic mass is 10.1. The lowest BCUT2D eigenvalue weighted by Gasteiger charge is -1.98. The summed E-state index contributed by atoms with van der Waals surface area (Å²) in [5.74, 6) is 0. The summed E-state index contributed by atoms with van der Waals surface area (Å²) in [7, 11) is 0. The van der Waals surface area contributed by atoms with Crippen molar-refractivity contribution in [2.24, 2.45) is 0 Å². The van der Waals surface area contributed by atoms with Gasteiger partial charge in [-0.15, -0.1) is 58.4 Å². The van der Waals surface area contributed by atoms with Gasteiger partial charge in [0.2, 0.25) is 0 Å². The second kappa shape index (κ2) is 40.6. The molecule has 0 aromatic rings. The van der Waals surface area contributed by atoms with E-state index >= 15 is 0 Å². The standard InChI is InChI=1S/2C8H17.2C2H5.2Al.3ClH/c2*1-3-5-7-8-6-4-2;2*1-2;;;;;/h2*1,3-8H2,2H3;2*1H2,2H3;;;3*1H. The van der Waals surface area contributed by atoms with Crippen LogP contribution in [0.3, 0.4) is 0 Å². The molecule has 0 aromatic heterocycles. The Balaban J connectivity index is -0.0000000952. The van der Waals surface area contributed by atoms with E-state index in [4.69, 9.17) is 0 Å². The van der Waals surface area contributed by atoms with Gasteiger partial charge in [-0.05, 0) is 0 Å². The Morgan fingerprint density at radius 3 is 0.960 bits per heavy atom. The Morgan fingerprint density at radius 1 is 0.400 bits per heavy atom. The van der Waals surface area contributed by atoms with Crippen molar-refractivity contribution in [2.45, 2.75) is 126 Å². The quantitative estimate of drug-likeness (QED) is 0.163. The predicted molar refractivity (Wildman–Crippen MR) is 131 cm³/mol. The van der Waals surface area contributed by atoms with E-state index < -0.39 is 0 Å². The summed E-state index contributed by atoms with van der Waals surface area (Å²) in [6, 6.07) is 0. The number of hydrogen-bond acceptors (Lipinski definition) is 0. The Hall–Kier alpha value is 1.93. The second-order valence-corrected chi connectivity index (χ2v) is 10.4. The maximum Gasteiger partial charge on any atom is 0.199 e. The summed E-state index contributed by atoms with van der Waals surface area (Å²) in [5.41, 5.74) is 0. The maximum absolute atomic E-state index is 2.31. The maximum atomic E-state index is 2.31. The van der Waals surface area contributed by atoms with Crippen LogP contribution in [0.5, 0.6) is 0 Å². The van der Waals surface area contributed by atoms with Gasteiger partial charge in [0.25, 0.3) is 0 Å². The van der Waals surface area contributed by atoms with Gasteiger partial charge in [-0.3, -0.25) is 0 Å². The zero-order chi connectivity index (χ0) is 16.7. The molecule has 0 heterocycles. The first-order chi connectivity index (χ1) is 10.8. The van der Waals surface area contributed by atoms with Crippen LogP contribution in [0.15, 0.2) is 0 Å². The van der Waals surface area contributed by atoms with Crippen molar-refractivity contribution >= 4 is 67.7 Å². The molecule has 0 aliphatic heterocycles. The van der Waals surface area contributed by atoms with Gasteiger partial charge in [0.1, 0.15) is 0 Å². The zero-order valence-corrected chi connectivity index (χ0v) is 22.5. The molecule has 0 spiro atoms. The van der Waals surface area contributed by atoms with Crippen molar-refractivity contribution in [1.29, 1.82) is 0 Å². The van der Waals surface area contributed by atoms with Crippen LogP contribution in [0.2, 0.25) is 21.1 Å². The minimum absolute atomic E-state index is 0. The van der Waals surface area contributed by atoms with Crippen molar-refractivity contribution in [2.75, 3.05) is 0 Å². The van der Waals surface area contributed by atoms with Crippen molar-refractivity contribution in [1.82, 2.24) is 0 Å². The lowest BCUT2D eigenvalue weighted by molar-refractivity contribution is 0.624. The van der Waals surface area contributed by atoms with Crippen molar-refractivity contribution in [3.63, 3.8) is 0 Å². The van der Waals surface area contributed by atoms with Gasteiger partial charge in [0.05, 0.1) is 0 Å². The number of rotatable bonds is 16. The molecule has 0 saturated carbocycles. The molecule has 0 aliphatic carbocycles. The van der Waals surface area contributed by atoms with Crippen molar-refractivity contribution in [3.05, 3.63) is 0 Å². The van der Waals surface area contributed by atoms with Gasteiger partial charge < -0.3 is 0 Å². The molecule has 0 aliphatic rings. The molecule has 0 aromatic carbocycles. The monoisotopic (exact) mass is 446 g/mol. The van der Waals surface area contributed by atoms with Gasteiger partial charge in [-0.25, -0.2) is 0 Å².